The molecule has 0 aromatic carbocycles. The van der Waals surface area contributed by atoms with E-state index >= 15 is 0 Å². The first kappa shape index (κ1) is 9.90. The van der Waals surface area contributed by atoms with E-state index in [1.54, 1.807) is 6.26 Å². The molecular weight excluding hydrogens is 196 g/mol. The molecule has 2 rings (SSSR count). The molecule has 1 aliphatic carbocycles. The van der Waals surface area contributed by atoms with Gasteiger partial charge in [0.2, 0.25) is 0 Å². The molecule has 2 unspecified atom stereocenters. The third kappa shape index (κ3) is 2.05. The van der Waals surface area contributed by atoms with Crippen LogP contribution in [0.4, 0.5) is 0 Å². The Bertz CT molecular complexity index is 344. The van der Waals surface area contributed by atoms with E-state index in [1.807, 2.05) is 12.5 Å². The molecule has 1 aliphatic rings. The van der Waals surface area contributed by atoms with Crippen LogP contribution in [-0.2, 0) is 10.8 Å². The Labute approximate surface area is 87.0 Å². The standard InChI is InChI=1S/C10H16N2OS/c1-8(6-14(2)13)12-7-11-5-10(12)9-3-4-9/h5,7-9H,3-4,6H2,1-2H3. The highest BCUT2D eigenvalue weighted by atomic mass is 32.2. The second kappa shape index (κ2) is 3.85. The first-order valence-electron chi connectivity index (χ1n) is 5.00. The summed E-state index contributed by atoms with van der Waals surface area (Å²) in [6.07, 6.45) is 8.14. The van der Waals surface area contributed by atoms with Gasteiger partial charge in [-0.1, -0.05) is 0 Å². The normalized spacial score (nSPS) is 20.7. The molecule has 0 amide bonds. The monoisotopic (exact) mass is 212 g/mol. The smallest absolute Gasteiger partial charge is 0.0951 e. The molecule has 3 nitrogen and oxygen atoms in total. The van der Waals surface area contributed by atoms with E-state index in [4.69, 9.17) is 0 Å². The van der Waals surface area contributed by atoms with Crippen molar-refractivity contribution in [3.05, 3.63) is 18.2 Å². The van der Waals surface area contributed by atoms with Crippen LogP contribution in [0.3, 0.4) is 0 Å². The van der Waals surface area contributed by atoms with Crippen molar-refractivity contribution in [2.24, 2.45) is 0 Å². The fourth-order valence-electron chi connectivity index (χ4n) is 1.80. The van der Waals surface area contributed by atoms with Crippen molar-refractivity contribution in [2.75, 3.05) is 12.0 Å². The summed E-state index contributed by atoms with van der Waals surface area (Å²) in [6.45, 7) is 2.11. The van der Waals surface area contributed by atoms with Crippen LogP contribution in [0.5, 0.6) is 0 Å². The minimum atomic E-state index is -0.730. The van der Waals surface area contributed by atoms with Gasteiger partial charge < -0.3 is 4.57 Å². The van der Waals surface area contributed by atoms with Gasteiger partial charge in [-0.2, -0.15) is 0 Å². The van der Waals surface area contributed by atoms with Gasteiger partial charge in [0, 0.05) is 46.7 Å². The van der Waals surface area contributed by atoms with E-state index in [-0.39, 0.29) is 0 Å². The lowest BCUT2D eigenvalue weighted by Crippen LogP contribution is -2.14. The summed E-state index contributed by atoms with van der Waals surface area (Å²) in [5.74, 6) is 1.43. The van der Waals surface area contributed by atoms with Crippen LogP contribution in [0.1, 0.15) is 37.4 Å². The van der Waals surface area contributed by atoms with Crippen LogP contribution >= 0.6 is 0 Å². The summed E-state index contributed by atoms with van der Waals surface area (Å²) in [5.41, 5.74) is 1.32. The molecular formula is C10H16N2OS. The van der Waals surface area contributed by atoms with Gasteiger partial charge in [0.1, 0.15) is 0 Å². The van der Waals surface area contributed by atoms with Crippen molar-refractivity contribution in [3.8, 4) is 0 Å². The molecule has 0 radical (unpaired) electrons. The van der Waals surface area contributed by atoms with E-state index in [2.05, 4.69) is 16.5 Å². The summed E-state index contributed by atoms with van der Waals surface area (Å²) < 4.78 is 13.3. The van der Waals surface area contributed by atoms with Crippen LogP contribution in [0.25, 0.3) is 0 Å². The molecule has 1 aromatic heterocycles. The highest BCUT2D eigenvalue weighted by Crippen LogP contribution is 2.40. The molecule has 0 aliphatic heterocycles. The molecule has 1 fully saturated rings. The Morgan fingerprint density at radius 1 is 1.71 bits per heavy atom. The van der Waals surface area contributed by atoms with Crippen LogP contribution in [0.15, 0.2) is 12.5 Å². The van der Waals surface area contributed by atoms with E-state index in [0.29, 0.717) is 12.0 Å². The van der Waals surface area contributed by atoms with Gasteiger partial charge in [-0.05, 0) is 19.8 Å². The van der Waals surface area contributed by atoms with Crippen molar-refractivity contribution >= 4 is 10.8 Å². The number of aromatic nitrogens is 2. The van der Waals surface area contributed by atoms with Crippen molar-refractivity contribution in [3.63, 3.8) is 0 Å². The third-order valence-corrected chi connectivity index (χ3v) is 3.59. The average molecular weight is 212 g/mol. The fraction of sp³-hybridized carbons (Fsp3) is 0.700. The van der Waals surface area contributed by atoms with E-state index in [0.717, 1.165) is 5.75 Å². The van der Waals surface area contributed by atoms with Gasteiger partial charge >= 0.3 is 0 Å². The first-order chi connectivity index (χ1) is 6.68. The summed E-state index contributed by atoms with van der Waals surface area (Å²) in [6, 6.07) is 0.305. The Balaban J connectivity index is 2.13. The quantitative estimate of drug-likeness (QED) is 0.761. The number of hydrogen-bond donors (Lipinski definition) is 0. The second-order valence-corrected chi connectivity index (χ2v) is 5.57. The van der Waals surface area contributed by atoms with Crippen LogP contribution in [-0.4, -0.2) is 25.8 Å². The molecule has 0 spiro atoms. The van der Waals surface area contributed by atoms with Gasteiger partial charge in [-0.25, -0.2) is 4.98 Å². The second-order valence-electron chi connectivity index (χ2n) is 4.09. The molecule has 4 heteroatoms. The zero-order valence-corrected chi connectivity index (χ0v) is 9.46. The SMILES string of the molecule is CC(CS(C)=O)n1cncc1C1CC1. The fourth-order valence-corrected chi connectivity index (χ4v) is 2.64. The van der Waals surface area contributed by atoms with Crippen molar-refractivity contribution in [1.29, 1.82) is 0 Å². The lowest BCUT2D eigenvalue weighted by Gasteiger charge is -2.14. The molecule has 2 atom stereocenters. The lowest BCUT2D eigenvalue weighted by atomic mass is 10.3. The lowest BCUT2D eigenvalue weighted by molar-refractivity contribution is 0.574. The number of nitrogens with zero attached hydrogens (tertiary/aromatic N) is 2. The van der Waals surface area contributed by atoms with Gasteiger partial charge in [0.25, 0.3) is 0 Å². The summed E-state index contributed by atoms with van der Waals surface area (Å²) in [4.78, 5) is 4.18. The van der Waals surface area contributed by atoms with Crippen molar-refractivity contribution in [1.82, 2.24) is 9.55 Å². The predicted octanol–water partition coefficient (Wildman–Crippen LogP) is 1.70. The zero-order valence-electron chi connectivity index (χ0n) is 8.64. The van der Waals surface area contributed by atoms with Crippen molar-refractivity contribution < 1.29 is 4.21 Å². The highest BCUT2D eigenvalue weighted by molar-refractivity contribution is 7.84. The van der Waals surface area contributed by atoms with Crippen LogP contribution in [0, 0.1) is 0 Å². The molecule has 0 saturated heterocycles. The minimum absolute atomic E-state index is 0.305. The third-order valence-electron chi connectivity index (χ3n) is 2.64. The summed E-state index contributed by atoms with van der Waals surface area (Å²) >= 11 is 0. The largest absolute Gasteiger partial charge is 0.331 e. The molecule has 78 valence electrons. The predicted molar refractivity (Wildman–Crippen MR) is 57.8 cm³/mol. The maximum atomic E-state index is 11.1. The number of hydrogen-bond acceptors (Lipinski definition) is 2. The zero-order chi connectivity index (χ0) is 10.1. The Morgan fingerprint density at radius 2 is 2.43 bits per heavy atom. The summed E-state index contributed by atoms with van der Waals surface area (Å²) in [7, 11) is -0.730. The highest BCUT2D eigenvalue weighted by Gasteiger charge is 2.27. The van der Waals surface area contributed by atoms with Gasteiger partial charge in [-0.3, -0.25) is 4.21 Å². The molecule has 1 aromatic rings. The Hall–Kier alpha value is -0.640. The van der Waals surface area contributed by atoms with E-state index < -0.39 is 10.8 Å². The van der Waals surface area contributed by atoms with E-state index in [1.165, 1.54) is 18.5 Å². The molecule has 14 heavy (non-hydrogen) atoms. The summed E-state index contributed by atoms with van der Waals surface area (Å²) in [5, 5.41) is 0. The average Bonchev–Trinajstić information content (AvgIpc) is 2.82. The Kier molecular flexibility index (Phi) is 2.72. The topological polar surface area (TPSA) is 34.9 Å². The maximum Gasteiger partial charge on any atom is 0.0951 e. The Morgan fingerprint density at radius 3 is 3.00 bits per heavy atom. The maximum absolute atomic E-state index is 11.1. The van der Waals surface area contributed by atoms with Crippen molar-refractivity contribution in [2.45, 2.75) is 31.7 Å². The van der Waals surface area contributed by atoms with Gasteiger partial charge in [-0.15, -0.1) is 0 Å². The molecule has 0 N–H and O–H groups in total. The molecule has 1 heterocycles. The number of imidazole rings is 1. The molecule has 0 bridgehead atoms. The number of rotatable bonds is 4. The van der Waals surface area contributed by atoms with Gasteiger partial charge in [0.15, 0.2) is 0 Å². The van der Waals surface area contributed by atoms with E-state index in [9.17, 15) is 4.21 Å². The molecule has 1 saturated carbocycles. The first-order valence-corrected chi connectivity index (χ1v) is 6.73. The van der Waals surface area contributed by atoms with Crippen LogP contribution in [0.2, 0.25) is 0 Å². The minimum Gasteiger partial charge on any atom is -0.331 e. The van der Waals surface area contributed by atoms with Gasteiger partial charge in [0.05, 0.1) is 6.33 Å². The van der Waals surface area contributed by atoms with Crippen LogP contribution < -0.4 is 0 Å².